The van der Waals surface area contributed by atoms with Gasteiger partial charge in [0.25, 0.3) is 0 Å². The minimum absolute atomic E-state index is 0.0540. The molecule has 0 spiro atoms. The van der Waals surface area contributed by atoms with Crippen molar-refractivity contribution >= 4 is 16.7 Å². The average molecular weight is 461 g/mol. The Balaban J connectivity index is 1.53. The minimum atomic E-state index is -0.425. The lowest BCUT2D eigenvalue weighted by Gasteiger charge is -2.39. The largest absolute Gasteiger partial charge is 0.464 e. The maximum absolute atomic E-state index is 13.7. The number of hydrogen-bond donors (Lipinski definition) is 0. The number of piperazine rings is 1. The van der Waals surface area contributed by atoms with Gasteiger partial charge in [-0.25, -0.2) is 4.68 Å². The van der Waals surface area contributed by atoms with E-state index in [1.165, 1.54) is 5.69 Å². The number of aromatic nitrogens is 4. The Kier molecular flexibility index (Phi) is 6.37. The van der Waals surface area contributed by atoms with E-state index in [1.54, 1.807) is 18.1 Å². The van der Waals surface area contributed by atoms with Crippen LogP contribution in [0, 0.1) is 6.92 Å². The lowest BCUT2D eigenvalue weighted by atomic mass is 10.0. The molecule has 1 saturated heterocycles. The van der Waals surface area contributed by atoms with Crippen LogP contribution in [0.5, 0.6) is 0 Å². The van der Waals surface area contributed by atoms with Crippen LogP contribution in [-0.4, -0.2) is 65.0 Å². The molecule has 5 rings (SSSR count). The number of para-hydroxylation sites is 1. The molecule has 2 aromatic heterocycles. The van der Waals surface area contributed by atoms with Crippen LogP contribution in [0.1, 0.15) is 23.0 Å². The number of rotatable bonds is 7. The first-order valence-corrected chi connectivity index (χ1v) is 11.5. The van der Waals surface area contributed by atoms with Crippen molar-refractivity contribution in [1.82, 2.24) is 25.1 Å². The Bertz CT molecular complexity index is 1310. The molecule has 1 aliphatic rings. The third kappa shape index (κ3) is 4.32. The Morgan fingerprint density at radius 2 is 1.88 bits per heavy atom. The van der Waals surface area contributed by atoms with Crippen LogP contribution in [0.25, 0.3) is 11.0 Å². The lowest BCUT2D eigenvalue weighted by Crippen LogP contribution is -2.49. The molecule has 0 bridgehead atoms. The maximum Gasteiger partial charge on any atom is 0.197 e. The predicted molar refractivity (Wildman–Crippen MR) is 129 cm³/mol. The number of fused-ring (bicyclic) bond motifs is 1. The van der Waals surface area contributed by atoms with Crippen molar-refractivity contribution in [2.45, 2.75) is 19.5 Å². The molecular formula is C25H28N6O3. The van der Waals surface area contributed by atoms with Gasteiger partial charge >= 0.3 is 0 Å². The zero-order chi connectivity index (χ0) is 23.5. The molecule has 4 aromatic rings. The van der Waals surface area contributed by atoms with Crippen LogP contribution in [0.4, 0.5) is 5.69 Å². The lowest BCUT2D eigenvalue weighted by molar-refractivity contribution is 0.171. The number of ether oxygens (including phenoxy) is 1. The molecule has 3 heterocycles. The first-order chi connectivity index (χ1) is 16.7. The van der Waals surface area contributed by atoms with Gasteiger partial charge in [-0.2, -0.15) is 0 Å². The van der Waals surface area contributed by atoms with E-state index in [-0.39, 0.29) is 5.43 Å². The Morgan fingerprint density at radius 3 is 2.65 bits per heavy atom. The van der Waals surface area contributed by atoms with Crippen LogP contribution in [0.15, 0.2) is 64.0 Å². The summed E-state index contributed by atoms with van der Waals surface area (Å²) in [6, 6.07) is 15.6. The number of tetrazole rings is 1. The van der Waals surface area contributed by atoms with Crippen LogP contribution < -0.4 is 10.3 Å². The Morgan fingerprint density at radius 1 is 1.09 bits per heavy atom. The highest BCUT2D eigenvalue weighted by Gasteiger charge is 2.33. The second-order valence-electron chi connectivity index (χ2n) is 8.53. The number of aryl methyl sites for hydroxylation is 1. The normalized spacial score (nSPS) is 15.6. The fraction of sp³-hybridized carbons (Fsp3) is 0.360. The van der Waals surface area contributed by atoms with Crippen molar-refractivity contribution in [3.8, 4) is 0 Å². The summed E-state index contributed by atoms with van der Waals surface area (Å²) >= 11 is 0. The number of nitrogens with zero attached hydrogens (tertiary/aromatic N) is 6. The SMILES string of the molecule is COCCn1nnnc1C(c1coc2ccc(C)cc2c1=O)N1CCN(c2ccccc2)CC1. The van der Waals surface area contributed by atoms with Crippen molar-refractivity contribution in [2.24, 2.45) is 0 Å². The summed E-state index contributed by atoms with van der Waals surface area (Å²) < 4.78 is 12.9. The van der Waals surface area contributed by atoms with Crippen LogP contribution in [-0.2, 0) is 11.3 Å². The van der Waals surface area contributed by atoms with E-state index in [9.17, 15) is 4.79 Å². The van der Waals surface area contributed by atoms with E-state index < -0.39 is 6.04 Å². The summed E-state index contributed by atoms with van der Waals surface area (Å²) in [6.45, 7) is 6.10. The molecule has 1 fully saturated rings. The Hall–Kier alpha value is -3.56. The topological polar surface area (TPSA) is 89.5 Å². The van der Waals surface area contributed by atoms with E-state index in [2.05, 4.69) is 49.6 Å². The van der Waals surface area contributed by atoms with E-state index in [0.29, 0.717) is 35.5 Å². The second kappa shape index (κ2) is 9.74. The molecule has 1 unspecified atom stereocenters. The first kappa shape index (κ1) is 22.2. The zero-order valence-corrected chi connectivity index (χ0v) is 19.4. The molecule has 1 aliphatic heterocycles. The van der Waals surface area contributed by atoms with E-state index in [4.69, 9.17) is 9.15 Å². The van der Waals surface area contributed by atoms with Gasteiger partial charge in [-0.05, 0) is 41.6 Å². The number of hydrogen-bond acceptors (Lipinski definition) is 8. The van der Waals surface area contributed by atoms with E-state index >= 15 is 0 Å². The molecule has 0 saturated carbocycles. The van der Waals surface area contributed by atoms with Crippen LogP contribution >= 0.6 is 0 Å². The molecule has 9 heteroatoms. The molecule has 0 radical (unpaired) electrons. The molecular weight excluding hydrogens is 432 g/mol. The highest BCUT2D eigenvalue weighted by molar-refractivity contribution is 5.77. The van der Waals surface area contributed by atoms with Crippen LogP contribution in [0.2, 0.25) is 0 Å². The van der Waals surface area contributed by atoms with E-state index in [0.717, 1.165) is 31.7 Å². The molecule has 1 atom stereocenters. The molecule has 0 amide bonds. The average Bonchev–Trinajstić information content (AvgIpc) is 3.33. The van der Waals surface area contributed by atoms with Crippen molar-refractivity contribution in [3.63, 3.8) is 0 Å². The van der Waals surface area contributed by atoms with Crippen molar-refractivity contribution < 1.29 is 9.15 Å². The fourth-order valence-electron chi connectivity index (χ4n) is 4.57. The minimum Gasteiger partial charge on any atom is -0.464 e. The monoisotopic (exact) mass is 460 g/mol. The molecule has 2 aromatic carbocycles. The summed E-state index contributed by atoms with van der Waals surface area (Å²) in [5.74, 6) is 0.615. The van der Waals surface area contributed by atoms with Gasteiger partial charge < -0.3 is 14.1 Å². The summed E-state index contributed by atoms with van der Waals surface area (Å²) in [4.78, 5) is 18.3. The highest BCUT2D eigenvalue weighted by Crippen LogP contribution is 2.29. The number of anilines is 1. The van der Waals surface area contributed by atoms with Gasteiger partial charge in [0, 0.05) is 39.0 Å². The fourth-order valence-corrected chi connectivity index (χ4v) is 4.57. The van der Waals surface area contributed by atoms with Crippen molar-refractivity contribution in [3.05, 3.63) is 82.0 Å². The third-order valence-corrected chi connectivity index (χ3v) is 6.36. The molecule has 34 heavy (non-hydrogen) atoms. The predicted octanol–water partition coefficient (Wildman–Crippen LogP) is 2.65. The Labute approximate surface area is 197 Å². The van der Waals surface area contributed by atoms with Crippen LogP contribution in [0.3, 0.4) is 0 Å². The van der Waals surface area contributed by atoms with Gasteiger partial charge in [-0.1, -0.05) is 29.8 Å². The van der Waals surface area contributed by atoms with Gasteiger partial charge in [0.05, 0.1) is 24.1 Å². The van der Waals surface area contributed by atoms with E-state index in [1.807, 2.05) is 31.2 Å². The summed E-state index contributed by atoms with van der Waals surface area (Å²) in [7, 11) is 1.64. The molecule has 0 aliphatic carbocycles. The maximum atomic E-state index is 13.7. The van der Waals surface area contributed by atoms with Gasteiger partial charge in [0.1, 0.15) is 17.9 Å². The summed E-state index contributed by atoms with van der Waals surface area (Å²) in [5.41, 5.74) is 3.27. The zero-order valence-electron chi connectivity index (χ0n) is 19.4. The van der Waals surface area contributed by atoms with Gasteiger partial charge in [-0.3, -0.25) is 9.69 Å². The summed E-state index contributed by atoms with van der Waals surface area (Å²) in [5, 5.41) is 13.0. The van der Waals surface area contributed by atoms with Gasteiger partial charge in [-0.15, -0.1) is 5.10 Å². The number of methoxy groups -OCH3 is 1. The van der Waals surface area contributed by atoms with Gasteiger partial charge in [0.2, 0.25) is 0 Å². The standard InChI is InChI=1S/C25H28N6O3/c1-18-8-9-22-20(16-18)24(32)21(17-34-22)23(25-26-27-28-31(25)14-15-33-2)30-12-10-29(11-13-30)19-6-4-3-5-7-19/h3-9,16-17,23H,10-15H2,1-2H3. The highest BCUT2D eigenvalue weighted by atomic mass is 16.5. The molecule has 9 nitrogen and oxygen atoms in total. The quantitative estimate of drug-likeness (QED) is 0.416. The van der Waals surface area contributed by atoms with Crippen molar-refractivity contribution in [1.29, 1.82) is 0 Å². The number of benzene rings is 2. The van der Waals surface area contributed by atoms with Gasteiger partial charge in [0.15, 0.2) is 11.3 Å². The molecule has 0 N–H and O–H groups in total. The first-order valence-electron chi connectivity index (χ1n) is 11.5. The summed E-state index contributed by atoms with van der Waals surface area (Å²) in [6.07, 6.45) is 1.57. The second-order valence-corrected chi connectivity index (χ2v) is 8.53. The smallest absolute Gasteiger partial charge is 0.197 e. The molecule has 176 valence electrons. The van der Waals surface area contributed by atoms with Crippen molar-refractivity contribution in [2.75, 3.05) is 44.8 Å². The third-order valence-electron chi connectivity index (χ3n) is 6.36.